The van der Waals surface area contributed by atoms with Crippen molar-refractivity contribution in [3.05, 3.63) is 35.4 Å². The van der Waals surface area contributed by atoms with Crippen LogP contribution in [0, 0.1) is 0 Å². The van der Waals surface area contributed by atoms with Crippen LogP contribution in [0.2, 0.25) is 0 Å². The average molecular weight is 203 g/mol. The Morgan fingerprint density at radius 1 is 1.33 bits per heavy atom. The lowest BCUT2D eigenvalue weighted by Gasteiger charge is -2.27. The van der Waals surface area contributed by atoms with Crippen LogP contribution >= 0.6 is 0 Å². The Balaban J connectivity index is 1.83. The summed E-state index contributed by atoms with van der Waals surface area (Å²) in [6.07, 6.45) is 0. The molecular formula is C12H15N2O. The summed E-state index contributed by atoms with van der Waals surface area (Å²) in [7, 11) is 0. The van der Waals surface area contributed by atoms with E-state index in [1.807, 2.05) is 0 Å². The molecule has 2 unspecified atom stereocenters. The second-order valence-electron chi connectivity index (χ2n) is 4.11. The lowest BCUT2D eigenvalue weighted by molar-refractivity contribution is 0.0624. The first-order valence-electron chi connectivity index (χ1n) is 5.51. The topological polar surface area (TPSA) is 35.4 Å². The Bertz CT molecular complexity index is 347. The van der Waals surface area contributed by atoms with E-state index < -0.39 is 0 Å². The second kappa shape index (κ2) is 3.93. The predicted octanol–water partition coefficient (Wildman–Crippen LogP) is 0.834. The second-order valence-corrected chi connectivity index (χ2v) is 4.11. The van der Waals surface area contributed by atoms with Crippen molar-refractivity contribution in [1.29, 1.82) is 0 Å². The monoisotopic (exact) mass is 203 g/mol. The number of hydrogen-bond acceptors (Lipinski definition) is 2. The van der Waals surface area contributed by atoms with Gasteiger partial charge in [0.2, 0.25) is 0 Å². The lowest BCUT2D eigenvalue weighted by atomic mass is 9.99. The summed E-state index contributed by atoms with van der Waals surface area (Å²) in [5, 5.41) is 8.14. The molecule has 3 heteroatoms. The van der Waals surface area contributed by atoms with Gasteiger partial charge in [-0.1, -0.05) is 24.3 Å². The van der Waals surface area contributed by atoms with E-state index in [0.717, 1.165) is 26.3 Å². The molecule has 0 aromatic heterocycles. The van der Waals surface area contributed by atoms with Crippen molar-refractivity contribution in [2.24, 2.45) is 0 Å². The molecule has 1 radical (unpaired) electrons. The van der Waals surface area contributed by atoms with Crippen molar-refractivity contribution in [3.8, 4) is 0 Å². The molecule has 15 heavy (non-hydrogen) atoms. The first kappa shape index (κ1) is 9.33. The zero-order valence-corrected chi connectivity index (χ0v) is 8.65. The molecule has 0 spiro atoms. The molecule has 2 aliphatic rings. The average Bonchev–Trinajstić information content (AvgIpc) is 2.74. The van der Waals surface area contributed by atoms with Crippen molar-refractivity contribution in [2.45, 2.75) is 18.6 Å². The van der Waals surface area contributed by atoms with E-state index in [4.69, 9.17) is 4.74 Å². The standard InChI is InChI=1S/C12H15N2O/c1-2-4-10-9(3-1)7-14-12(10)11-8-15-6-5-13-11/h1-4,11-12,14H,5-8H2. The van der Waals surface area contributed by atoms with Gasteiger partial charge < -0.3 is 10.1 Å². The van der Waals surface area contributed by atoms with Gasteiger partial charge in [0.15, 0.2) is 0 Å². The number of nitrogens with one attached hydrogen (secondary N) is 1. The highest BCUT2D eigenvalue weighted by Gasteiger charge is 2.30. The number of ether oxygens (including phenoxy) is 1. The zero-order valence-electron chi connectivity index (χ0n) is 8.65. The third-order valence-corrected chi connectivity index (χ3v) is 3.18. The largest absolute Gasteiger partial charge is 0.378 e. The molecule has 1 N–H and O–H groups in total. The van der Waals surface area contributed by atoms with Crippen LogP contribution < -0.4 is 10.6 Å². The van der Waals surface area contributed by atoms with Crippen LogP contribution in [-0.2, 0) is 11.3 Å². The molecule has 79 valence electrons. The molecule has 2 atom stereocenters. The van der Waals surface area contributed by atoms with Crippen LogP contribution in [0.25, 0.3) is 0 Å². The Morgan fingerprint density at radius 2 is 2.27 bits per heavy atom. The Kier molecular flexibility index (Phi) is 2.44. The summed E-state index contributed by atoms with van der Waals surface area (Å²) in [5.41, 5.74) is 2.81. The van der Waals surface area contributed by atoms with E-state index in [1.54, 1.807) is 0 Å². The van der Waals surface area contributed by atoms with Crippen LogP contribution in [0.15, 0.2) is 24.3 Å². The molecule has 3 rings (SSSR count). The third kappa shape index (κ3) is 1.67. The molecule has 0 bridgehead atoms. The Hall–Kier alpha value is -0.900. The van der Waals surface area contributed by atoms with E-state index in [2.05, 4.69) is 34.9 Å². The van der Waals surface area contributed by atoms with Crippen molar-refractivity contribution < 1.29 is 4.74 Å². The van der Waals surface area contributed by atoms with Crippen LogP contribution in [-0.4, -0.2) is 25.8 Å². The van der Waals surface area contributed by atoms with Gasteiger partial charge in [-0.25, -0.2) is 5.32 Å². The first-order chi connectivity index (χ1) is 7.45. The summed E-state index contributed by atoms with van der Waals surface area (Å²) >= 11 is 0. The molecule has 0 aliphatic carbocycles. The molecule has 1 aromatic carbocycles. The number of benzene rings is 1. The van der Waals surface area contributed by atoms with Crippen LogP contribution in [0.4, 0.5) is 0 Å². The quantitative estimate of drug-likeness (QED) is 0.734. The van der Waals surface area contributed by atoms with Crippen molar-refractivity contribution in [3.63, 3.8) is 0 Å². The smallest absolute Gasteiger partial charge is 0.0675 e. The van der Waals surface area contributed by atoms with E-state index in [0.29, 0.717) is 12.1 Å². The SMILES string of the molecule is c1ccc2c(c1)CNC2C1COCC[N]1. The molecule has 0 amide bonds. The fraction of sp³-hybridized carbons (Fsp3) is 0.500. The molecule has 2 heterocycles. The third-order valence-electron chi connectivity index (χ3n) is 3.18. The van der Waals surface area contributed by atoms with Gasteiger partial charge in [0.1, 0.15) is 0 Å². The highest BCUT2D eigenvalue weighted by molar-refractivity contribution is 5.34. The van der Waals surface area contributed by atoms with Crippen molar-refractivity contribution in [1.82, 2.24) is 10.6 Å². The van der Waals surface area contributed by atoms with E-state index in [-0.39, 0.29) is 0 Å². The summed E-state index contributed by atoms with van der Waals surface area (Å²) in [6.45, 7) is 3.34. The molecular weight excluding hydrogens is 188 g/mol. The zero-order chi connectivity index (χ0) is 10.1. The molecule has 3 nitrogen and oxygen atoms in total. The fourth-order valence-electron chi connectivity index (χ4n) is 2.41. The summed E-state index contributed by atoms with van der Waals surface area (Å²) in [6, 6.07) is 9.24. The van der Waals surface area contributed by atoms with E-state index in [9.17, 15) is 0 Å². The van der Waals surface area contributed by atoms with Gasteiger partial charge in [-0.3, -0.25) is 0 Å². The van der Waals surface area contributed by atoms with Gasteiger partial charge in [-0.05, 0) is 11.1 Å². The predicted molar refractivity (Wildman–Crippen MR) is 57.6 cm³/mol. The highest BCUT2D eigenvalue weighted by atomic mass is 16.5. The number of rotatable bonds is 1. The lowest BCUT2D eigenvalue weighted by Crippen LogP contribution is -2.43. The maximum absolute atomic E-state index is 5.48. The van der Waals surface area contributed by atoms with Gasteiger partial charge in [-0.2, -0.15) is 0 Å². The van der Waals surface area contributed by atoms with Crippen LogP contribution in [0.5, 0.6) is 0 Å². The molecule has 2 aliphatic heterocycles. The number of morpholine rings is 1. The fourth-order valence-corrected chi connectivity index (χ4v) is 2.41. The number of fused-ring (bicyclic) bond motifs is 1. The van der Waals surface area contributed by atoms with Gasteiger partial charge in [0.05, 0.1) is 25.3 Å². The molecule has 1 saturated heterocycles. The first-order valence-corrected chi connectivity index (χ1v) is 5.51. The molecule has 0 saturated carbocycles. The highest BCUT2D eigenvalue weighted by Crippen LogP contribution is 2.28. The molecule has 1 fully saturated rings. The minimum atomic E-state index is 0.294. The number of nitrogens with zero attached hydrogens (tertiary/aromatic N) is 1. The number of hydrogen-bond donors (Lipinski definition) is 1. The van der Waals surface area contributed by atoms with E-state index >= 15 is 0 Å². The summed E-state index contributed by atoms with van der Waals surface area (Å²) in [5.74, 6) is 0. The van der Waals surface area contributed by atoms with Crippen molar-refractivity contribution in [2.75, 3.05) is 19.8 Å². The van der Waals surface area contributed by atoms with Gasteiger partial charge in [0.25, 0.3) is 0 Å². The summed E-state index contributed by atoms with van der Waals surface area (Å²) in [4.78, 5) is 0. The Labute approximate surface area is 89.8 Å². The normalized spacial score (nSPS) is 30.1. The van der Waals surface area contributed by atoms with Gasteiger partial charge in [-0.15, -0.1) is 0 Å². The van der Waals surface area contributed by atoms with Crippen LogP contribution in [0.1, 0.15) is 17.2 Å². The van der Waals surface area contributed by atoms with Crippen LogP contribution in [0.3, 0.4) is 0 Å². The maximum Gasteiger partial charge on any atom is 0.0675 e. The summed E-state index contributed by atoms with van der Waals surface area (Å²) < 4.78 is 5.48. The van der Waals surface area contributed by atoms with Gasteiger partial charge in [0, 0.05) is 13.1 Å². The van der Waals surface area contributed by atoms with Gasteiger partial charge >= 0.3 is 0 Å². The van der Waals surface area contributed by atoms with E-state index in [1.165, 1.54) is 11.1 Å². The Morgan fingerprint density at radius 3 is 3.13 bits per heavy atom. The van der Waals surface area contributed by atoms with Crippen molar-refractivity contribution >= 4 is 0 Å². The minimum Gasteiger partial charge on any atom is -0.378 e. The maximum atomic E-state index is 5.48. The molecule has 1 aromatic rings. The minimum absolute atomic E-state index is 0.294.